The fraction of sp³-hybridized carbons (Fsp3) is 0.150. The van der Waals surface area contributed by atoms with Crippen LogP contribution in [0.15, 0.2) is 47.4 Å². The van der Waals surface area contributed by atoms with Crippen molar-refractivity contribution in [3.8, 4) is 11.5 Å². The zero-order valence-electron chi connectivity index (χ0n) is 15.3. The van der Waals surface area contributed by atoms with Crippen LogP contribution >= 0.6 is 11.8 Å². The number of imide groups is 1. The number of thioether (sulfide) groups is 1. The molecule has 1 N–H and O–H groups in total. The third-order valence-electron chi connectivity index (χ3n) is 4.02. The topological polar surface area (TPSA) is 93.1 Å². The summed E-state index contributed by atoms with van der Waals surface area (Å²) in [7, 11) is 1.40. The van der Waals surface area contributed by atoms with Crippen molar-refractivity contribution >= 4 is 35.0 Å². The Balaban J connectivity index is 1.89. The maximum Gasteiger partial charge on any atom is 0.341 e. The number of carboxylic acids is 1. The molecule has 0 spiro atoms. The molecule has 1 fully saturated rings. The molecule has 150 valence electrons. The predicted octanol–water partition coefficient (Wildman–Crippen LogP) is 3.53. The SMILES string of the molecule is COc1cccc(/C=C2/SC(=O)N(Cc3ccccc3F)C2=O)c1OCC(=O)O. The number of carbonyl (C=O) groups excluding carboxylic acids is 2. The molecule has 0 radical (unpaired) electrons. The summed E-state index contributed by atoms with van der Waals surface area (Å²) in [6.45, 7) is -0.787. The fourth-order valence-corrected chi connectivity index (χ4v) is 3.50. The van der Waals surface area contributed by atoms with E-state index in [1.807, 2.05) is 0 Å². The molecule has 1 heterocycles. The van der Waals surface area contributed by atoms with E-state index in [0.717, 1.165) is 4.90 Å². The summed E-state index contributed by atoms with van der Waals surface area (Å²) < 4.78 is 24.4. The predicted molar refractivity (Wildman–Crippen MR) is 104 cm³/mol. The van der Waals surface area contributed by atoms with E-state index < -0.39 is 29.5 Å². The van der Waals surface area contributed by atoms with Gasteiger partial charge < -0.3 is 14.6 Å². The molecule has 0 saturated carbocycles. The van der Waals surface area contributed by atoms with Crippen molar-refractivity contribution in [2.75, 3.05) is 13.7 Å². The van der Waals surface area contributed by atoms with Crippen molar-refractivity contribution in [3.63, 3.8) is 0 Å². The molecule has 0 aliphatic carbocycles. The molecule has 9 heteroatoms. The molecule has 1 saturated heterocycles. The van der Waals surface area contributed by atoms with E-state index in [4.69, 9.17) is 14.6 Å². The Morgan fingerprint density at radius 3 is 2.66 bits per heavy atom. The third kappa shape index (κ3) is 4.57. The highest BCUT2D eigenvalue weighted by Gasteiger charge is 2.35. The van der Waals surface area contributed by atoms with Gasteiger partial charge in [0, 0.05) is 11.1 Å². The van der Waals surface area contributed by atoms with Gasteiger partial charge in [0.2, 0.25) is 0 Å². The van der Waals surface area contributed by atoms with E-state index in [9.17, 15) is 18.8 Å². The van der Waals surface area contributed by atoms with Gasteiger partial charge in [-0.3, -0.25) is 14.5 Å². The van der Waals surface area contributed by atoms with E-state index in [-0.39, 0.29) is 28.5 Å². The summed E-state index contributed by atoms with van der Waals surface area (Å²) in [5.41, 5.74) is 0.602. The van der Waals surface area contributed by atoms with E-state index in [1.54, 1.807) is 24.3 Å². The van der Waals surface area contributed by atoms with Gasteiger partial charge >= 0.3 is 5.97 Å². The minimum atomic E-state index is -1.17. The summed E-state index contributed by atoms with van der Waals surface area (Å²) in [4.78, 5) is 36.9. The molecule has 1 aliphatic rings. The molecule has 1 aliphatic heterocycles. The summed E-state index contributed by atoms with van der Waals surface area (Å²) in [5, 5.41) is 8.34. The second kappa shape index (κ2) is 8.78. The Morgan fingerprint density at radius 2 is 1.97 bits per heavy atom. The Kier molecular flexibility index (Phi) is 6.18. The molecule has 29 heavy (non-hydrogen) atoms. The van der Waals surface area contributed by atoms with E-state index in [2.05, 4.69) is 0 Å². The average molecular weight is 417 g/mol. The van der Waals surface area contributed by atoms with Crippen molar-refractivity contribution < 1.29 is 33.4 Å². The molecular formula is C20H16FNO6S. The van der Waals surface area contributed by atoms with E-state index in [1.165, 1.54) is 31.4 Å². The van der Waals surface area contributed by atoms with E-state index in [0.29, 0.717) is 17.3 Å². The fourth-order valence-electron chi connectivity index (χ4n) is 2.67. The molecule has 2 aromatic rings. The van der Waals surface area contributed by atoms with Crippen LogP contribution in [0, 0.1) is 5.82 Å². The minimum absolute atomic E-state index is 0.111. The van der Waals surface area contributed by atoms with Crippen LogP contribution in [0.5, 0.6) is 11.5 Å². The summed E-state index contributed by atoms with van der Waals surface area (Å²) >= 11 is 0.712. The number of benzene rings is 2. The van der Waals surface area contributed by atoms with Gasteiger partial charge in [-0.15, -0.1) is 0 Å². The minimum Gasteiger partial charge on any atom is -0.493 e. The van der Waals surface area contributed by atoms with E-state index >= 15 is 0 Å². The van der Waals surface area contributed by atoms with Crippen LogP contribution in [0.1, 0.15) is 11.1 Å². The summed E-state index contributed by atoms with van der Waals surface area (Å²) in [6, 6.07) is 10.7. The maximum absolute atomic E-state index is 13.9. The molecular weight excluding hydrogens is 401 g/mol. The van der Waals surface area contributed by atoms with Crippen LogP contribution in [0.25, 0.3) is 6.08 Å². The Morgan fingerprint density at radius 1 is 1.21 bits per heavy atom. The third-order valence-corrected chi connectivity index (χ3v) is 4.92. The summed E-state index contributed by atoms with van der Waals surface area (Å²) in [5.74, 6) is -1.83. The second-order valence-corrected chi connectivity index (χ2v) is 6.91. The van der Waals surface area contributed by atoms with Gasteiger partial charge in [-0.2, -0.15) is 0 Å². The zero-order valence-corrected chi connectivity index (χ0v) is 16.1. The van der Waals surface area contributed by atoms with Crippen LogP contribution in [0.4, 0.5) is 9.18 Å². The monoisotopic (exact) mass is 417 g/mol. The van der Waals surface area contributed by atoms with Crippen molar-refractivity contribution in [3.05, 3.63) is 64.3 Å². The highest BCUT2D eigenvalue weighted by atomic mass is 32.2. The molecule has 0 unspecified atom stereocenters. The number of ether oxygens (including phenoxy) is 2. The lowest BCUT2D eigenvalue weighted by Crippen LogP contribution is -2.27. The Labute approximate surface area is 169 Å². The molecule has 2 aromatic carbocycles. The first kappa shape index (κ1) is 20.4. The number of hydrogen-bond donors (Lipinski definition) is 1. The number of carboxylic acid groups (broad SMARTS) is 1. The number of para-hydroxylation sites is 1. The van der Waals surface area contributed by atoms with Gasteiger partial charge in [0.1, 0.15) is 5.82 Å². The number of methoxy groups -OCH3 is 1. The van der Waals surface area contributed by atoms with Crippen LogP contribution < -0.4 is 9.47 Å². The van der Waals surface area contributed by atoms with Crippen molar-refractivity contribution in [1.29, 1.82) is 0 Å². The maximum atomic E-state index is 13.9. The number of rotatable bonds is 7. The van der Waals surface area contributed by atoms with Crippen LogP contribution in [-0.4, -0.2) is 40.8 Å². The highest BCUT2D eigenvalue weighted by molar-refractivity contribution is 8.18. The summed E-state index contributed by atoms with van der Waals surface area (Å²) in [6.07, 6.45) is 1.42. The molecule has 3 rings (SSSR count). The second-order valence-electron chi connectivity index (χ2n) is 5.92. The lowest BCUT2D eigenvalue weighted by Gasteiger charge is -2.13. The molecule has 2 amide bonds. The first-order valence-corrected chi connectivity index (χ1v) is 9.22. The van der Waals surface area contributed by atoms with Crippen LogP contribution in [0.2, 0.25) is 0 Å². The van der Waals surface area contributed by atoms with Crippen LogP contribution in [0.3, 0.4) is 0 Å². The van der Waals surface area contributed by atoms with Gasteiger partial charge in [-0.1, -0.05) is 30.3 Å². The molecule has 0 bridgehead atoms. The Bertz CT molecular complexity index is 1010. The number of hydrogen-bond acceptors (Lipinski definition) is 6. The number of aliphatic carboxylic acids is 1. The van der Waals surface area contributed by atoms with Gasteiger partial charge in [0.25, 0.3) is 11.1 Å². The van der Waals surface area contributed by atoms with Gasteiger partial charge in [0.05, 0.1) is 18.6 Å². The molecule has 0 aromatic heterocycles. The van der Waals surface area contributed by atoms with Gasteiger partial charge in [-0.25, -0.2) is 9.18 Å². The number of amides is 2. The molecule has 0 atom stereocenters. The zero-order chi connectivity index (χ0) is 21.0. The number of nitrogens with zero attached hydrogens (tertiary/aromatic N) is 1. The first-order valence-electron chi connectivity index (χ1n) is 8.41. The van der Waals surface area contributed by atoms with Gasteiger partial charge in [-0.05, 0) is 30.0 Å². The Hall–Kier alpha value is -3.33. The molecule has 7 nitrogen and oxygen atoms in total. The smallest absolute Gasteiger partial charge is 0.341 e. The normalized spacial score (nSPS) is 15.1. The lowest BCUT2D eigenvalue weighted by molar-refractivity contribution is -0.139. The van der Waals surface area contributed by atoms with Crippen molar-refractivity contribution in [2.24, 2.45) is 0 Å². The largest absolute Gasteiger partial charge is 0.493 e. The van der Waals surface area contributed by atoms with Crippen molar-refractivity contribution in [1.82, 2.24) is 4.90 Å². The number of carbonyl (C=O) groups is 3. The highest BCUT2D eigenvalue weighted by Crippen LogP contribution is 2.38. The van der Waals surface area contributed by atoms with Crippen molar-refractivity contribution in [2.45, 2.75) is 6.54 Å². The van der Waals surface area contributed by atoms with Gasteiger partial charge in [0.15, 0.2) is 18.1 Å². The van der Waals surface area contributed by atoms with Crippen LogP contribution in [-0.2, 0) is 16.1 Å². The first-order chi connectivity index (χ1) is 13.9. The number of halogens is 1. The standard InChI is InChI=1S/C20H16FNO6S/c1-27-15-8-4-6-12(18(15)28-11-17(23)24)9-16-19(25)22(20(26)29-16)10-13-5-2-3-7-14(13)21/h2-9H,10-11H2,1H3,(H,23,24)/b16-9+. The average Bonchev–Trinajstić information content (AvgIpc) is 2.95. The quantitative estimate of drug-likeness (QED) is 0.689. The lowest BCUT2D eigenvalue weighted by atomic mass is 10.1.